The lowest BCUT2D eigenvalue weighted by atomic mass is 10.3. The van der Waals surface area contributed by atoms with Gasteiger partial charge in [-0.25, -0.2) is 0 Å². The smallest absolute Gasteiger partial charge is 0.230 e. The number of hydrogen-bond donors (Lipinski definition) is 1. The van der Waals surface area contributed by atoms with Gasteiger partial charge in [0, 0.05) is 18.3 Å². The number of thiophene rings is 1. The van der Waals surface area contributed by atoms with Gasteiger partial charge < -0.3 is 9.73 Å². The minimum absolute atomic E-state index is 0.610. The second kappa shape index (κ2) is 4.55. The van der Waals surface area contributed by atoms with E-state index in [0.29, 0.717) is 18.3 Å². The van der Waals surface area contributed by atoms with Crippen LogP contribution in [-0.4, -0.2) is 10.2 Å². The van der Waals surface area contributed by atoms with E-state index >= 15 is 0 Å². The van der Waals surface area contributed by atoms with Crippen LogP contribution in [0.4, 0.5) is 0 Å². The average Bonchev–Trinajstić information content (AvgIpc) is 2.77. The quantitative estimate of drug-likeness (QED) is 0.861. The van der Waals surface area contributed by atoms with Gasteiger partial charge in [0.1, 0.15) is 0 Å². The number of hydrogen-bond acceptors (Lipinski definition) is 5. The molecular formula is C10H13N3OS. The third-order valence-corrected chi connectivity index (χ3v) is 3.12. The third-order valence-electron chi connectivity index (χ3n) is 2.10. The maximum atomic E-state index is 5.25. The highest BCUT2D eigenvalue weighted by molar-refractivity contribution is 7.10. The highest BCUT2D eigenvalue weighted by Gasteiger charge is 2.03. The fourth-order valence-electron chi connectivity index (χ4n) is 1.28. The Morgan fingerprint density at radius 3 is 2.80 bits per heavy atom. The lowest BCUT2D eigenvalue weighted by molar-refractivity contribution is 0.447. The van der Waals surface area contributed by atoms with Crippen LogP contribution in [0, 0.1) is 13.8 Å². The molecule has 0 amide bonds. The maximum Gasteiger partial charge on any atom is 0.230 e. The van der Waals surface area contributed by atoms with Gasteiger partial charge in [0.25, 0.3) is 0 Å². The minimum atomic E-state index is 0.610. The summed E-state index contributed by atoms with van der Waals surface area (Å²) in [6.45, 7) is 5.38. The molecule has 0 saturated heterocycles. The van der Waals surface area contributed by atoms with E-state index < -0.39 is 0 Å². The number of aryl methyl sites for hydroxylation is 2. The Balaban J connectivity index is 1.83. The molecule has 1 N–H and O–H groups in total. The summed E-state index contributed by atoms with van der Waals surface area (Å²) in [5, 5.41) is 13.0. The Morgan fingerprint density at radius 2 is 2.20 bits per heavy atom. The van der Waals surface area contributed by atoms with E-state index in [-0.39, 0.29) is 0 Å². The molecule has 2 rings (SSSR count). The van der Waals surface area contributed by atoms with E-state index in [1.54, 1.807) is 18.3 Å². The fourth-order valence-corrected chi connectivity index (χ4v) is 2.15. The zero-order valence-electron chi connectivity index (χ0n) is 8.78. The van der Waals surface area contributed by atoms with Crippen molar-refractivity contribution in [3.05, 3.63) is 33.7 Å². The Hall–Kier alpha value is -1.20. The monoisotopic (exact) mass is 223 g/mol. The molecule has 0 bridgehead atoms. The number of nitrogens with one attached hydrogen (secondary N) is 1. The van der Waals surface area contributed by atoms with Crippen LogP contribution in [0.15, 0.2) is 15.9 Å². The molecule has 4 nitrogen and oxygen atoms in total. The van der Waals surface area contributed by atoms with Gasteiger partial charge in [-0.3, -0.25) is 0 Å². The molecule has 0 radical (unpaired) electrons. The van der Waals surface area contributed by atoms with Gasteiger partial charge in [0.15, 0.2) is 0 Å². The molecule has 2 aromatic rings. The molecule has 0 saturated carbocycles. The van der Waals surface area contributed by atoms with Crippen LogP contribution in [0.3, 0.4) is 0 Å². The zero-order chi connectivity index (χ0) is 10.7. The molecule has 0 unspecified atom stereocenters. The van der Waals surface area contributed by atoms with Gasteiger partial charge in [-0.2, -0.15) is 0 Å². The Morgan fingerprint density at radius 1 is 1.33 bits per heavy atom. The Labute approximate surface area is 92.3 Å². The van der Waals surface area contributed by atoms with Crippen LogP contribution in [0.1, 0.15) is 22.2 Å². The molecule has 0 spiro atoms. The van der Waals surface area contributed by atoms with Gasteiger partial charge in [-0.15, -0.1) is 21.5 Å². The SMILES string of the molecule is Cc1nnc(CNCc2sccc2C)o1. The average molecular weight is 223 g/mol. The summed E-state index contributed by atoms with van der Waals surface area (Å²) in [6, 6.07) is 2.12. The molecule has 0 aliphatic carbocycles. The van der Waals surface area contributed by atoms with Crippen molar-refractivity contribution in [3.63, 3.8) is 0 Å². The van der Waals surface area contributed by atoms with Gasteiger partial charge >= 0.3 is 0 Å². The fraction of sp³-hybridized carbons (Fsp3) is 0.400. The molecule has 80 valence electrons. The first-order chi connectivity index (χ1) is 7.25. The van der Waals surface area contributed by atoms with Crippen LogP contribution in [0.5, 0.6) is 0 Å². The number of nitrogens with zero attached hydrogens (tertiary/aromatic N) is 2. The van der Waals surface area contributed by atoms with Crippen molar-refractivity contribution < 1.29 is 4.42 Å². The van der Waals surface area contributed by atoms with Gasteiger partial charge in [0.05, 0.1) is 6.54 Å². The summed E-state index contributed by atoms with van der Waals surface area (Å²) in [4.78, 5) is 1.35. The molecule has 0 aromatic carbocycles. The minimum Gasteiger partial charge on any atom is -0.424 e. The van der Waals surface area contributed by atoms with E-state index in [2.05, 4.69) is 33.9 Å². The molecule has 0 fully saturated rings. The topological polar surface area (TPSA) is 51.0 Å². The molecule has 5 heteroatoms. The summed E-state index contributed by atoms with van der Waals surface area (Å²) in [5.41, 5.74) is 1.33. The van der Waals surface area contributed by atoms with Gasteiger partial charge in [-0.05, 0) is 23.9 Å². The first-order valence-electron chi connectivity index (χ1n) is 4.78. The molecule has 2 heterocycles. The molecular weight excluding hydrogens is 210 g/mol. The summed E-state index contributed by atoms with van der Waals surface area (Å²) in [6.07, 6.45) is 0. The van der Waals surface area contributed by atoms with E-state index in [0.717, 1.165) is 6.54 Å². The van der Waals surface area contributed by atoms with Crippen LogP contribution in [0.25, 0.3) is 0 Å². The van der Waals surface area contributed by atoms with Crippen molar-refractivity contribution >= 4 is 11.3 Å². The molecule has 0 atom stereocenters. The van der Waals surface area contributed by atoms with Crippen molar-refractivity contribution in [2.45, 2.75) is 26.9 Å². The highest BCUT2D eigenvalue weighted by Crippen LogP contribution is 2.14. The maximum absolute atomic E-state index is 5.25. The first kappa shape index (κ1) is 10.3. The van der Waals surface area contributed by atoms with Crippen LogP contribution < -0.4 is 5.32 Å². The standard InChI is InChI=1S/C10H13N3OS/c1-7-3-4-15-9(7)5-11-6-10-13-12-8(2)14-10/h3-4,11H,5-6H2,1-2H3. The van der Waals surface area contributed by atoms with Crippen LogP contribution in [0.2, 0.25) is 0 Å². The highest BCUT2D eigenvalue weighted by atomic mass is 32.1. The van der Waals surface area contributed by atoms with Crippen molar-refractivity contribution in [2.24, 2.45) is 0 Å². The first-order valence-corrected chi connectivity index (χ1v) is 5.66. The van der Waals surface area contributed by atoms with Crippen molar-refractivity contribution in [3.8, 4) is 0 Å². The third kappa shape index (κ3) is 2.64. The van der Waals surface area contributed by atoms with Gasteiger partial charge in [0.2, 0.25) is 11.8 Å². The van der Waals surface area contributed by atoms with E-state index in [4.69, 9.17) is 4.42 Å². The van der Waals surface area contributed by atoms with Gasteiger partial charge in [-0.1, -0.05) is 0 Å². The lowest BCUT2D eigenvalue weighted by Crippen LogP contribution is -2.12. The normalized spacial score (nSPS) is 10.8. The Bertz CT molecular complexity index is 435. The molecule has 15 heavy (non-hydrogen) atoms. The predicted molar refractivity (Wildman–Crippen MR) is 58.6 cm³/mol. The zero-order valence-corrected chi connectivity index (χ0v) is 9.60. The molecule has 0 aliphatic rings. The predicted octanol–water partition coefficient (Wildman–Crippen LogP) is 2.04. The van der Waals surface area contributed by atoms with E-state index in [1.165, 1.54) is 10.4 Å². The molecule has 0 aliphatic heterocycles. The van der Waals surface area contributed by atoms with E-state index in [1.807, 2.05) is 0 Å². The molecule has 2 aromatic heterocycles. The van der Waals surface area contributed by atoms with Crippen molar-refractivity contribution in [1.29, 1.82) is 0 Å². The van der Waals surface area contributed by atoms with Crippen LogP contribution in [-0.2, 0) is 13.1 Å². The lowest BCUT2D eigenvalue weighted by Gasteiger charge is -2.00. The largest absolute Gasteiger partial charge is 0.424 e. The van der Waals surface area contributed by atoms with Crippen molar-refractivity contribution in [1.82, 2.24) is 15.5 Å². The number of aromatic nitrogens is 2. The number of rotatable bonds is 4. The summed E-state index contributed by atoms with van der Waals surface area (Å²) < 4.78 is 5.25. The van der Waals surface area contributed by atoms with Crippen molar-refractivity contribution in [2.75, 3.05) is 0 Å². The van der Waals surface area contributed by atoms with Crippen LogP contribution >= 0.6 is 11.3 Å². The summed E-state index contributed by atoms with van der Waals surface area (Å²) >= 11 is 1.76. The van der Waals surface area contributed by atoms with E-state index in [9.17, 15) is 0 Å². The summed E-state index contributed by atoms with van der Waals surface area (Å²) in [5.74, 6) is 1.25. The second-order valence-electron chi connectivity index (χ2n) is 3.35. The Kier molecular flexibility index (Phi) is 3.13. The second-order valence-corrected chi connectivity index (χ2v) is 4.35. The summed E-state index contributed by atoms with van der Waals surface area (Å²) in [7, 11) is 0.